The number of hydrogen-bond donors (Lipinski definition) is 0. The predicted molar refractivity (Wildman–Crippen MR) is 83.9 cm³/mol. The van der Waals surface area contributed by atoms with E-state index in [4.69, 9.17) is 0 Å². The molecule has 1 aromatic carbocycles. The molecule has 0 aliphatic carbocycles. The van der Waals surface area contributed by atoms with E-state index >= 15 is 0 Å². The van der Waals surface area contributed by atoms with Crippen LogP contribution in [0.2, 0.25) is 0 Å². The van der Waals surface area contributed by atoms with Gasteiger partial charge in [0.1, 0.15) is 4.90 Å². The van der Waals surface area contributed by atoms with Crippen LogP contribution >= 0.6 is 10.2 Å². The van der Waals surface area contributed by atoms with E-state index in [1.807, 2.05) is 0 Å². The molecule has 0 amide bonds. The zero-order chi connectivity index (χ0) is 19.7. The smallest absolute Gasteiger partial charge is 0.310 e. The molecule has 0 saturated carbocycles. The van der Waals surface area contributed by atoms with Gasteiger partial charge in [-0.25, -0.2) is 0 Å². The zero-order valence-electron chi connectivity index (χ0n) is 13.3. The SMILES string of the molecule is CCCN(CCC)c1c([N+](=O)[O-])cc(S(F)(F)(F)(F)F)cc1[N+](=O)[O-]. The summed E-state index contributed by atoms with van der Waals surface area (Å²) in [6, 6.07) is -0.662. The van der Waals surface area contributed by atoms with Gasteiger partial charge in [0.15, 0.2) is 5.69 Å². The van der Waals surface area contributed by atoms with Gasteiger partial charge in [-0.3, -0.25) is 20.2 Å². The van der Waals surface area contributed by atoms with Crippen molar-refractivity contribution in [3.8, 4) is 0 Å². The Balaban J connectivity index is 3.90. The van der Waals surface area contributed by atoms with Gasteiger partial charge in [0.25, 0.3) is 0 Å². The lowest BCUT2D eigenvalue weighted by Crippen LogP contribution is -2.27. The first-order chi connectivity index (χ1) is 11.1. The van der Waals surface area contributed by atoms with Crippen molar-refractivity contribution in [2.45, 2.75) is 31.6 Å². The van der Waals surface area contributed by atoms with Crippen LogP contribution in [0.25, 0.3) is 0 Å². The van der Waals surface area contributed by atoms with Gasteiger partial charge in [-0.15, -0.1) is 0 Å². The standard InChI is InChI=1S/C12H16F5N3O4S/c1-3-5-18(6-4-2)12-10(19(21)22)7-9(8-11(12)20(23)24)25(13,14,15,16)17/h7-8H,3-6H2,1-2H3. The van der Waals surface area contributed by atoms with Crippen molar-refractivity contribution >= 4 is 27.3 Å². The van der Waals surface area contributed by atoms with Gasteiger partial charge in [-0.1, -0.05) is 33.3 Å². The van der Waals surface area contributed by atoms with Crippen LogP contribution < -0.4 is 4.90 Å². The molecule has 7 nitrogen and oxygen atoms in total. The van der Waals surface area contributed by atoms with Gasteiger partial charge in [0.2, 0.25) is 0 Å². The minimum Gasteiger partial charge on any atom is -0.360 e. The van der Waals surface area contributed by atoms with Crippen molar-refractivity contribution in [3.63, 3.8) is 0 Å². The highest BCUT2D eigenvalue weighted by Crippen LogP contribution is 3.02. The third-order valence-electron chi connectivity index (χ3n) is 3.19. The first kappa shape index (κ1) is 20.9. The molecule has 144 valence electrons. The molecule has 0 saturated heterocycles. The topological polar surface area (TPSA) is 89.5 Å². The Hall–Kier alpha value is -2.18. The maximum Gasteiger partial charge on any atom is 0.310 e. The first-order valence-electron chi connectivity index (χ1n) is 7.08. The fraction of sp³-hybridized carbons (Fsp3) is 0.500. The van der Waals surface area contributed by atoms with E-state index in [1.165, 1.54) is 0 Å². The average molecular weight is 393 g/mol. The van der Waals surface area contributed by atoms with E-state index < -0.39 is 42.0 Å². The Kier molecular flexibility index (Phi) is 4.98. The summed E-state index contributed by atoms with van der Waals surface area (Å²) < 4.78 is 65.0. The monoisotopic (exact) mass is 393 g/mol. The fourth-order valence-electron chi connectivity index (χ4n) is 2.28. The van der Waals surface area contributed by atoms with E-state index in [2.05, 4.69) is 0 Å². The molecule has 0 aliphatic heterocycles. The van der Waals surface area contributed by atoms with Crippen LogP contribution in [0.5, 0.6) is 0 Å². The summed E-state index contributed by atoms with van der Waals surface area (Å²) in [5, 5.41) is 22.3. The summed E-state index contributed by atoms with van der Waals surface area (Å²) >= 11 is 0. The molecule has 1 rings (SSSR count). The number of hydrogen-bond acceptors (Lipinski definition) is 5. The fourth-order valence-corrected chi connectivity index (χ4v) is 2.95. The van der Waals surface area contributed by atoms with Crippen LogP contribution in [0.4, 0.5) is 36.5 Å². The quantitative estimate of drug-likeness (QED) is 0.317. The lowest BCUT2D eigenvalue weighted by Gasteiger charge is -2.40. The lowest BCUT2D eigenvalue weighted by atomic mass is 10.2. The van der Waals surface area contributed by atoms with Gasteiger partial charge in [-0.2, -0.15) is 0 Å². The molecular weight excluding hydrogens is 377 g/mol. The van der Waals surface area contributed by atoms with Crippen LogP contribution in [-0.4, -0.2) is 22.9 Å². The van der Waals surface area contributed by atoms with Gasteiger partial charge >= 0.3 is 21.6 Å². The Morgan fingerprint density at radius 3 is 1.52 bits per heavy atom. The van der Waals surface area contributed by atoms with Crippen molar-refractivity contribution in [1.29, 1.82) is 0 Å². The van der Waals surface area contributed by atoms with Crippen molar-refractivity contribution in [1.82, 2.24) is 0 Å². The molecule has 0 atom stereocenters. The normalized spacial score (nSPS) is 14.5. The highest BCUT2D eigenvalue weighted by molar-refractivity contribution is 8.45. The highest BCUT2D eigenvalue weighted by atomic mass is 32.5. The van der Waals surface area contributed by atoms with Crippen LogP contribution in [0.1, 0.15) is 26.7 Å². The number of halogens is 5. The van der Waals surface area contributed by atoms with E-state index in [-0.39, 0.29) is 25.2 Å². The average Bonchev–Trinajstić information content (AvgIpc) is 2.43. The maximum atomic E-state index is 13.0. The second-order valence-corrected chi connectivity index (χ2v) is 7.69. The molecule has 0 spiro atoms. The Labute approximate surface area is 139 Å². The number of nitro groups is 2. The molecule has 13 heteroatoms. The minimum atomic E-state index is -10.3. The van der Waals surface area contributed by atoms with E-state index in [0.29, 0.717) is 12.8 Å². The molecule has 0 fully saturated rings. The molecule has 0 N–H and O–H groups in total. The zero-order valence-corrected chi connectivity index (χ0v) is 14.1. The van der Waals surface area contributed by atoms with Crippen LogP contribution in [0, 0.1) is 20.2 Å². The first-order valence-corrected chi connectivity index (χ1v) is 9.03. The summed E-state index contributed by atoms with van der Waals surface area (Å²) in [4.78, 5) is 18.2. The van der Waals surface area contributed by atoms with Gasteiger partial charge in [0, 0.05) is 25.2 Å². The summed E-state index contributed by atoms with van der Waals surface area (Å²) in [5.41, 5.74) is -3.46. The number of benzene rings is 1. The Bertz CT molecular complexity index is 670. The Morgan fingerprint density at radius 1 is 0.920 bits per heavy atom. The Morgan fingerprint density at radius 2 is 1.28 bits per heavy atom. The number of nitrogens with zero attached hydrogens (tertiary/aromatic N) is 3. The van der Waals surface area contributed by atoms with Crippen LogP contribution in [0.15, 0.2) is 17.0 Å². The van der Waals surface area contributed by atoms with E-state index in [9.17, 15) is 39.7 Å². The summed E-state index contributed by atoms with van der Waals surface area (Å²) in [6.07, 6.45) is 0.773. The van der Waals surface area contributed by atoms with Gasteiger partial charge in [0.05, 0.1) is 9.85 Å². The summed E-state index contributed by atoms with van der Waals surface area (Å²) in [6.45, 7) is 3.46. The van der Waals surface area contributed by atoms with E-state index in [0.717, 1.165) is 4.90 Å². The predicted octanol–water partition coefficient (Wildman–Crippen LogP) is 5.79. The molecule has 0 radical (unpaired) electrons. The van der Waals surface area contributed by atoms with Crippen molar-refractivity contribution in [2.24, 2.45) is 0 Å². The molecule has 0 heterocycles. The maximum absolute atomic E-state index is 13.0. The highest BCUT2D eigenvalue weighted by Gasteiger charge is 2.66. The third-order valence-corrected chi connectivity index (χ3v) is 4.31. The second kappa shape index (κ2) is 5.97. The van der Waals surface area contributed by atoms with Crippen molar-refractivity contribution < 1.29 is 29.3 Å². The lowest BCUT2D eigenvalue weighted by molar-refractivity contribution is -0.393. The number of nitro benzene ring substituents is 2. The molecule has 0 bridgehead atoms. The largest absolute Gasteiger partial charge is 0.360 e. The van der Waals surface area contributed by atoms with Crippen LogP contribution in [0.3, 0.4) is 0 Å². The molecule has 1 aromatic rings. The number of anilines is 1. The van der Waals surface area contributed by atoms with Crippen LogP contribution in [-0.2, 0) is 0 Å². The summed E-state index contributed by atoms with van der Waals surface area (Å²) in [7, 11) is -10.3. The van der Waals surface area contributed by atoms with E-state index in [1.54, 1.807) is 13.8 Å². The molecule has 25 heavy (non-hydrogen) atoms. The van der Waals surface area contributed by atoms with Crippen molar-refractivity contribution in [3.05, 3.63) is 32.4 Å². The molecule has 0 aliphatic rings. The van der Waals surface area contributed by atoms with Gasteiger partial charge in [-0.05, 0) is 12.8 Å². The molecule has 0 unspecified atom stereocenters. The molecular formula is C12H16F5N3O4S. The number of rotatable bonds is 8. The van der Waals surface area contributed by atoms with Crippen molar-refractivity contribution in [2.75, 3.05) is 18.0 Å². The third kappa shape index (κ3) is 4.90. The molecule has 0 aromatic heterocycles. The second-order valence-electron chi connectivity index (χ2n) is 5.28. The van der Waals surface area contributed by atoms with Gasteiger partial charge < -0.3 is 4.90 Å². The summed E-state index contributed by atoms with van der Waals surface area (Å²) in [5.74, 6) is 0. The minimum absolute atomic E-state index is 0.0747.